The Morgan fingerprint density at radius 3 is 2.81 bits per heavy atom. The predicted molar refractivity (Wildman–Crippen MR) is 62.4 cm³/mol. The molecule has 0 saturated carbocycles. The molecule has 4 nitrogen and oxygen atoms in total. The zero-order valence-corrected chi connectivity index (χ0v) is 9.27. The van der Waals surface area contributed by atoms with Crippen molar-refractivity contribution in [2.45, 2.75) is 13.8 Å². The summed E-state index contributed by atoms with van der Waals surface area (Å²) in [6, 6.07) is 7.45. The minimum atomic E-state index is 0.456. The number of para-hydroxylation sites is 1. The number of rotatable bonds is 2. The van der Waals surface area contributed by atoms with Gasteiger partial charge in [-0.25, -0.2) is 0 Å². The molecule has 0 aliphatic rings. The highest BCUT2D eigenvalue weighted by molar-refractivity contribution is 5.58. The summed E-state index contributed by atoms with van der Waals surface area (Å²) in [5.74, 6) is 1.07. The number of hydrogen-bond donors (Lipinski definition) is 1. The van der Waals surface area contributed by atoms with E-state index in [1.807, 2.05) is 38.1 Å². The fourth-order valence-electron chi connectivity index (χ4n) is 1.34. The van der Waals surface area contributed by atoms with Crippen molar-refractivity contribution in [2.75, 3.05) is 5.73 Å². The molecule has 1 aromatic heterocycles. The molecule has 2 aromatic rings. The molecule has 0 unspecified atom stereocenters. The Kier molecular flexibility index (Phi) is 2.72. The van der Waals surface area contributed by atoms with Crippen molar-refractivity contribution >= 4 is 5.69 Å². The molecule has 4 heteroatoms. The van der Waals surface area contributed by atoms with Crippen LogP contribution >= 0.6 is 0 Å². The van der Waals surface area contributed by atoms with E-state index in [4.69, 9.17) is 10.5 Å². The molecule has 16 heavy (non-hydrogen) atoms. The average molecular weight is 215 g/mol. The molecule has 1 aromatic carbocycles. The van der Waals surface area contributed by atoms with E-state index in [2.05, 4.69) is 10.2 Å². The first-order valence-electron chi connectivity index (χ1n) is 4.99. The lowest BCUT2D eigenvalue weighted by atomic mass is 10.2. The lowest BCUT2D eigenvalue weighted by Gasteiger charge is -2.08. The smallest absolute Gasteiger partial charge is 0.239 e. The zero-order chi connectivity index (χ0) is 11.5. The fraction of sp³-hybridized carbons (Fsp3) is 0.167. The summed E-state index contributed by atoms with van der Waals surface area (Å²) >= 11 is 0. The van der Waals surface area contributed by atoms with Gasteiger partial charge in [-0.05, 0) is 31.0 Å². The Balaban J connectivity index is 2.31. The van der Waals surface area contributed by atoms with E-state index in [0.29, 0.717) is 17.3 Å². The summed E-state index contributed by atoms with van der Waals surface area (Å²) in [7, 11) is 0. The molecule has 0 aliphatic heterocycles. The van der Waals surface area contributed by atoms with Crippen LogP contribution in [0.4, 0.5) is 5.69 Å². The van der Waals surface area contributed by atoms with Gasteiger partial charge < -0.3 is 10.5 Å². The molecule has 82 valence electrons. The Bertz CT molecular complexity index is 511. The number of nitrogen functional groups attached to an aromatic ring is 1. The largest absolute Gasteiger partial charge is 0.435 e. The maximum Gasteiger partial charge on any atom is 0.239 e. The predicted octanol–water partition coefficient (Wildman–Crippen LogP) is 2.47. The van der Waals surface area contributed by atoms with Gasteiger partial charge in [0.15, 0.2) is 5.75 Å². The van der Waals surface area contributed by atoms with Crippen molar-refractivity contribution < 1.29 is 4.74 Å². The molecule has 1 heterocycles. The highest BCUT2D eigenvalue weighted by Crippen LogP contribution is 2.28. The number of hydrogen-bond acceptors (Lipinski definition) is 4. The highest BCUT2D eigenvalue weighted by Gasteiger charge is 2.05. The number of anilines is 1. The maximum absolute atomic E-state index is 5.90. The van der Waals surface area contributed by atoms with E-state index < -0.39 is 0 Å². The van der Waals surface area contributed by atoms with E-state index in [9.17, 15) is 0 Å². The minimum Gasteiger partial charge on any atom is -0.435 e. The van der Waals surface area contributed by atoms with E-state index in [0.717, 1.165) is 11.1 Å². The van der Waals surface area contributed by atoms with Gasteiger partial charge in [0, 0.05) is 6.07 Å². The molecule has 0 bridgehead atoms. The van der Waals surface area contributed by atoms with Gasteiger partial charge in [-0.15, -0.1) is 5.10 Å². The van der Waals surface area contributed by atoms with Crippen molar-refractivity contribution in [1.82, 2.24) is 10.2 Å². The van der Waals surface area contributed by atoms with Crippen LogP contribution in [0.25, 0.3) is 0 Å². The molecule has 0 amide bonds. The van der Waals surface area contributed by atoms with Gasteiger partial charge in [0.1, 0.15) is 0 Å². The maximum atomic E-state index is 5.90. The molecule has 0 saturated heterocycles. The monoisotopic (exact) mass is 215 g/mol. The first-order chi connectivity index (χ1) is 7.66. The summed E-state index contributed by atoms with van der Waals surface area (Å²) in [6.07, 6.45) is 1.67. The summed E-state index contributed by atoms with van der Waals surface area (Å²) in [4.78, 5) is 0. The van der Waals surface area contributed by atoms with Gasteiger partial charge in [-0.3, -0.25) is 0 Å². The van der Waals surface area contributed by atoms with Crippen LogP contribution in [0.5, 0.6) is 11.6 Å². The molecule has 0 aliphatic carbocycles. The first kappa shape index (κ1) is 10.4. The third kappa shape index (κ3) is 2.11. The number of nitrogens with two attached hydrogens (primary N) is 1. The number of benzene rings is 1. The van der Waals surface area contributed by atoms with Crippen LogP contribution < -0.4 is 10.5 Å². The number of aromatic nitrogens is 2. The SMILES string of the molecule is Cc1cnnc(Oc2cccc(C)c2N)c1. The van der Waals surface area contributed by atoms with Gasteiger partial charge in [0.25, 0.3) is 0 Å². The van der Waals surface area contributed by atoms with E-state index >= 15 is 0 Å². The lowest BCUT2D eigenvalue weighted by molar-refractivity contribution is 0.456. The van der Waals surface area contributed by atoms with Gasteiger partial charge in [-0.2, -0.15) is 5.10 Å². The molecule has 2 N–H and O–H groups in total. The van der Waals surface area contributed by atoms with Crippen molar-refractivity contribution in [2.24, 2.45) is 0 Å². The Labute approximate surface area is 94.1 Å². The summed E-state index contributed by atoms with van der Waals surface area (Å²) < 4.78 is 5.57. The normalized spacial score (nSPS) is 10.1. The second-order valence-corrected chi connectivity index (χ2v) is 3.66. The van der Waals surface area contributed by atoms with Crippen LogP contribution in [0.15, 0.2) is 30.5 Å². The fourth-order valence-corrected chi connectivity index (χ4v) is 1.34. The quantitative estimate of drug-likeness (QED) is 0.782. The van der Waals surface area contributed by atoms with Gasteiger partial charge >= 0.3 is 0 Å². The van der Waals surface area contributed by atoms with Crippen LogP contribution in [0.1, 0.15) is 11.1 Å². The van der Waals surface area contributed by atoms with Crippen molar-refractivity contribution in [3.8, 4) is 11.6 Å². The summed E-state index contributed by atoms with van der Waals surface area (Å²) in [5.41, 5.74) is 8.51. The standard InChI is InChI=1S/C12H13N3O/c1-8-6-11(15-14-7-8)16-10-5-3-4-9(2)12(10)13/h3-7H,13H2,1-2H3. The number of nitrogens with zero attached hydrogens (tertiary/aromatic N) is 2. The van der Waals surface area contributed by atoms with E-state index in [1.54, 1.807) is 6.20 Å². The summed E-state index contributed by atoms with van der Waals surface area (Å²) in [6.45, 7) is 3.87. The van der Waals surface area contributed by atoms with Crippen molar-refractivity contribution in [3.63, 3.8) is 0 Å². The Morgan fingerprint density at radius 2 is 2.06 bits per heavy atom. The molecule has 0 atom stereocenters. The number of ether oxygens (including phenoxy) is 1. The molecular formula is C12H13N3O. The molecular weight excluding hydrogens is 202 g/mol. The third-order valence-electron chi connectivity index (χ3n) is 2.27. The number of aryl methyl sites for hydroxylation is 2. The Hall–Kier alpha value is -2.10. The topological polar surface area (TPSA) is 61.0 Å². The third-order valence-corrected chi connectivity index (χ3v) is 2.27. The van der Waals surface area contributed by atoms with E-state index in [1.165, 1.54) is 0 Å². The lowest BCUT2D eigenvalue weighted by Crippen LogP contribution is -1.96. The van der Waals surface area contributed by atoms with Crippen molar-refractivity contribution in [3.05, 3.63) is 41.6 Å². The highest BCUT2D eigenvalue weighted by atomic mass is 16.5. The van der Waals surface area contributed by atoms with Gasteiger partial charge in [0.05, 0.1) is 11.9 Å². The first-order valence-corrected chi connectivity index (χ1v) is 4.99. The van der Waals surface area contributed by atoms with Gasteiger partial charge in [-0.1, -0.05) is 12.1 Å². The van der Waals surface area contributed by atoms with Crippen molar-refractivity contribution in [1.29, 1.82) is 0 Å². The van der Waals surface area contributed by atoms with E-state index in [-0.39, 0.29) is 0 Å². The molecule has 0 spiro atoms. The second-order valence-electron chi connectivity index (χ2n) is 3.66. The van der Waals surface area contributed by atoms with Gasteiger partial charge in [0.2, 0.25) is 5.88 Å². The second kappa shape index (κ2) is 4.18. The van der Waals surface area contributed by atoms with Crippen LogP contribution in [0, 0.1) is 13.8 Å². The molecule has 0 fully saturated rings. The van der Waals surface area contributed by atoms with Crippen LogP contribution in [-0.2, 0) is 0 Å². The summed E-state index contributed by atoms with van der Waals surface area (Å²) in [5, 5.41) is 7.69. The molecule has 2 rings (SSSR count). The average Bonchev–Trinajstić information content (AvgIpc) is 2.25. The zero-order valence-electron chi connectivity index (χ0n) is 9.27. The molecule has 0 radical (unpaired) electrons. The Morgan fingerprint density at radius 1 is 1.25 bits per heavy atom. The van der Waals surface area contributed by atoms with Crippen LogP contribution in [-0.4, -0.2) is 10.2 Å². The van der Waals surface area contributed by atoms with Crippen LogP contribution in [0.3, 0.4) is 0 Å². The minimum absolute atomic E-state index is 0.456. The van der Waals surface area contributed by atoms with Crippen LogP contribution in [0.2, 0.25) is 0 Å².